The number of amides is 1. The molecule has 1 aromatic heterocycles. The van der Waals surface area contributed by atoms with Crippen molar-refractivity contribution in [2.75, 3.05) is 33.8 Å². The van der Waals surface area contributed by atoms with E-state index >= 15 is 0 Å². The van der Waals surface area contributed by atoms with Gasteiger partial charge in [0.1, 0.15) is 11.5 Å². The molecule has 0 aliphatic carbocycles. The number of nitrogens with zero attached hydrogens (tertiary/aromatic N) is 1. The van der Waals surface area contributed by atoms with Gasteiger partial charge in [0, 0.05) is 38.7 Å². The zero-order chi connectivity index (χ0) is 17.9. The number of hydrogen-bond acceptors (Lipinski definition) is 4. The predicted octanol–water partition coefficient (Wildman–Crippen LogP) is 2.04. The summed E-state index contributed by atoms with van der Waals surface area (Å²) in [5.74, 6) is 2.22. The van der Waals surface area contributed by atoms with E-state index in [1.807, 2.05) is 12.1 Å². The molecule has 0 fully saturated rings. The third-order valence-electron chi connectivity index (χ3n) is 3.52. The number of guanidine groups is 1. The van der Waals surface area contributed by atoms with Crippen LogP contribution in [-0.4, -0.2) is 45.7 Å². The minimum atomic E-state index is -0.120. The molecule has 0 saturated carbocycles. The highest BCUT2D eigenvalue weighted by atomic mass is 127. The summed E-state index contributed by atoms with van der Waals surface area (Å²) in [6.07, 6.45) is 2.44. The first kappa shape index (κ1) is 21.8. The molecule has 1 heterocycles. The lowest BCUT2D eigenvalue weighted by Crippen LogP contribution is -2.42. The van der Waals surface area contributed by atoms with Gasteiger partial charge in [-0.25, -0.2) is 0 Å². The van der Waals surface area contributed by atoms with Crippen LogP contribution in [0.3, 0.4) is 0 Å². The normalized spacial score (nSPS) is 10.6. The molecule has 0 radical (unpaired) electrons. The Hall–Kier alpha value is -2.23. The molecule has 0 unspecified atom stereocenters. The lowest BCUT2D eigenvalue weighted by atomic mass is 10.2. The maximum absolute atomic E-state index is 12.0. The van der Waals surface area contributed by atoms with Gasteiger partial charge in [-0.05, 0) is 36.4 Å². The molecule has 3 N–H and O–H groups in total. The highest BCUT2D eigenvalue weighted by molar-refractivity contribution is 14.0. The second-order valence-corrected chi connectivity index (χ2v) is 5.24. The Labute approximate surface area is 170 Å². The molecule has 1 amide bonds. The molecule has 1 aromatic carbocycles. The SMILES string of the molecule is CN=C(NCCNC(=O)c1ccc(OC)cc1)NCCc1ccco1.I. The highest BCUT2D eigenvalue weighted by Crippen LogP contribution is 2.10. The topological polar surface area (TPSA) is 87.9 Å². The standard InChI is InChI=1S/C18H24N4O3.HI/c1-19-18(21-10-9-16-4-3-13-25-16)22-12-11-20-17(23)14-5-7-15(24-2)8-6-14;/h3-8,13H,9-12H2,1-2H3,(H,20,23)(H2,19,21,22);1H. The second kappa shape index (κ2) is 12.2. The fraction of sp³-hybridized carbons (Fsp3) is 0.333. The zero-order valence-corrected chi connectivity index (χ0v) is 17.3. The summed E-state index contributed by atoms with van der Waals surface area (Å²) >= 11 is 0. The van der Waals surface area contributed by atoms with E-state index in [4.69, 9.17) is 9.15 Å². The quantitative estimate of drug-likeness (QED) is 0.237. The van der Waals surface area contributed by atoms with Gasteiger partial charge in [-0.3, -0.25) is 9.79 Å². The number of nitrogens with one attached hydrogen (secondary N) is 3. The Morgan fingerprint density at radius 1 is 1.08 bits per heavy atom. The van der Waals surface area contributed by atoms with Gasteiger partial charge in [-0.2, -0.15) is 0 Å². The first-order valence-electron chi connectivity index (χ1n) is 8.12. The van der Waals surface area contributed by atoms with Gasteiger partial charge >= 0.3 is 0 Å². The van der Waals surface area contributed by atoms with Crippen LogP contribution in [0.2, 0.25) is 0 Å². The zero-order valence-electron chi connectivity index (χ0n) is 15.0. The van der Waals surface area contributed by atoms with E-state index in [2.05, 4.69) is 20.9 Å². The molecule has 2 aromatic rings. The third kappa shape index (κ3) is 7.34. The number of hydrogen-bond donors (Lipinski definition) is 3. The number of carbonyl (C=O) groups is 1. The number of carbonyl (C=O) groups excluding carboxylic acids is 1. The van der Waals surface area contributed by atoms with Crippen LogP contribution in [0.15, 0.2) is 52.1 Å². The predicted molar refractivity (Wildman–Crippen MR) is 113 cm³/mol. The molecule has 0 aliphatic heterocycles. The molecule has 2 rings (SSSR count). The van der Waals surface area contributed by atoms with Crippen LogP contribution in [0.4, 0.5) is 0 Å². The lowest BCUT2D eigenvalue weighted by molar-refractivity contribution is 0.0954. The van der Waals surface area contributed by atoms with Crippen molar-refractivity contribution in [2.45, 2.75) is 6.42 Å². The van der Waals surface area contributed by atoms with E-state index in [0.29, 0.717) is 31.2 Å². The summed E-state index contributed by atoms with van der Waals surface area (Å²) in [4.78, 5) is 16.2. The minimum absolute atomic E-state index is 0. The van der Waals surface area contributed by atoms with E-state index in [9.17, 15) is 4.79 Å². The smallest absolute Gasteiger partial charge is 0.251 e. The van der Waals surface area contributed by atoms with Crippen LogP contribution in [0.5, 0.6) is 5.75 Å². The number of aliphatic imine (C=N–C) groups is 1. The van der Waals surface area contributed by atoms with Crippen LogP contribution in [0, 0.1) is 0 Å². The average Bonchev–Trinajstić information content (AvgIpc) is 3.17. The summed E-state index contributed by atoms with van der Waals surface area (Å²) in [6, 6.07) is 10.8. The summed E-state index contributed by atoms with van der Waals surface area (Å²) in [6.45, 7) is 1.78. The third-order valence-corrected chi connectivity index (χ3v) is 3.52. The van der Waals surface area contributed by atoms with Gasteiger partial charge < -0.3 is 25.1 Å². The van der Waals surface area contributed by atoms with Gasteiger partial charge in [-0.1, -0.05) is 0 Å². The van der Waals surface area contributed by atoms with Crippen LogP contribution < -0.4 is 20.7 Å². The molecule has 0 spiro atoms. The van der Waals surface area contributed by atoms with Crippen molar-refractivity contribution in [3.05, 3.63) is 54.0 Å². The monoisotopic (exact) mass is 472 g/mol. The maximum atomic E-state index is 12.0. The van der Waals surface area contributed by atoms with Crippen molar-refractivity contribution < 1.29 is 13.9 Å². The first-order valence-corrected chi connectivity index (χ1v) is 8.12. The van der Waals surface area contributed by atoms with E-state index in [1.165, 1.54) is 0 Å². The van der Waals surface area contributed by atoms with Gasteiger partial charge in [0.05, 0.1) is 13.4 Å². The summed E-state index contributed by atoms with van der Waals surface area (Å²) in [5, 5.41) is 9.19. The highest BCUT2D eigenvalue weighted by Gasteiger charge is 2.05. The van der Waals surface area contributed by atoms with Crippen LogP contribution in [0.25, 0.3) is 0 Å². The van der Waals surface area contributed by atoms with Crippen molar-refractivity contribution in [1.82, 2.24) is 16.0 Å². The Kier molecular flexibility index (Phi) is 10.2. The number of methoxy groups -OCH3 is 1. The van der Waals surface area contributed by atoms with Crippen molar-refractivity contribution >= 4 is 35.8 Å². The second-order valence-electron chi connectivity index (χ2n) is 5.24. The van der Waals surface area contributed by atoms with Gasteiger partial charge in [0.15, 0.2) is 5.96 Å². The van der Waals surface area contributed by atoms with E-state index in [-0.39, 0.29) is 29.9 Å². The molecule has 0 bridgehead atoms. The molecule has 142 valence electrons. The minimum Gasteiger partial charge on any atom is -0.497 e. The molecule has 8 heteroatoms. The summed E-state index contributed by atoms with van der Waals surface area (Å²) < 4.78 is 10.3. The average molecular weight is 472 g/mol. The summed E-state index contributed by atoms with van der Waals surface area (Å²) in [7, 11) is 3.30. The van der Waals surface area contributed by atoms with Crippen LogP contribution in [0.1, 0.15) is 16.1 Å². The molecule has 0 saturated heterocycles. The van der Waals surface area contributed by atoms with Gasteiger partial charge in [0.25, 0.3) is 5.91 Å². The molecule has 26 heavy (non-hydrogen) atoms. The Balaban J connectivity index is 0.00000338. The Morgan fingerprint density at radius 3 is 2.38 bits per heavy atom. The number of benzene rings is 1. The molecule has 0 aliphatic rings. The lowest BCUT2D eigenvalue weighted by Gasteiger charge is -2.12. The number of rotatable bonds is 8. The van der Waals surface area contributed by atoms with E-state index < -0.39 is 0 Å². The molecular weight excluding hydrogens is 447 g/mol. The van der Waals surface area contributed by atoms with E-state index in [0.717, 1.165) is 17.9 Å². The molecule has 7 nitrogen and oxygen atoms in total. The number of furan rings is 1. The van der Waals surface area contributed by atoms with Crippen LogP contribution >= 0.6 is 24.0 Å². The largest absolute Gasteiger partial charge is 0.497 e. The molecule has 0 atom stereocenters. The van der Waals surface area contributed by atoms with Crippen molar-refractivity contribution in [3.63, 3.8) is 0 Å². The maximum Gasteiger partial charge on any atom is 0.251 e. The summed E-state index contributed by atoms with van der Waals surface area (Å²) in [5.41, 5.74) is 0.599. The fourth-order valence-corrected chi connectivity index (χ4v) is 2.18. The van der Waals surface area contributed by atoms with Crippen molar-refractivity contribution in [3.8, 4) is 5.75 Å². The number of halogens is 1. The first-order chi connectivity index (χ1) is 12.2. The number of ether oxygens (including phenoxy) is 1. The van der Waals surface area contributed by atoms with Crippen LogP contribution in [-0.2, 0) is 6.42 Å². The van der Waals surface area contributed by atoms with Crippen molar-refractivity contribution in [2.24, 2.45) is 4.99 Å². The Morgan fingerprint density at radius 2 is 1.77 bits per heavy atom. The van der Waals surface area contributed by atoms with Crippen molar-refractivity contribution in [1.29, 1.82) is 0 Å². The van der Waals surface area contributed by atoms with E-state index in [1.54, 1.807) is 44.7 Å². The molecular formula is C18H25IN4O3. The van der Waals surface area contributed by atoms with Gasteiger partial charge in [-0.15, -0.1) is 24.0 Å². The fourth-order valence-electron chi connectivity index (χ4n) is 2.18. The van der Waals surface area contributed by atoms with Gasteiger partial charge in [0.2, 0.25) is 0 Å². The Bertz CT molecular complexity index is 672.